The zero-order valence-corrected chi connectivity index (χ0v) is 20.7. The molecule has 0 N–H and O–H groups in total. The molecule has 7 rings (SSSR count). The maximum atomic E-state index is 9.10. The van der Waals surface area contributed by atoms with Gasteiger partial charge in [-0.25, -0.2) is 0 Å². The van der Waals surface area contributed by atoms with E-state index in [0.717, 1.165) is 11.1 Å². The van der Waals surface area contributed by atoms with Gasteiger partial charge in [-0.05, 0) is 102 Å². The van der Waals surface area contributed by atoms with Gasteiger partial charge in [0.05, 0.1) is 11.6 Å². The number of hydrogen-bond donors (Lipinski definition) is 0. The van der Waals surface area contributed by atoms with Gasteiger partial charge in [-0.2, -0.15) is 5.26 Å². The Morgan fingerprint density at radius 1 is 0.368 bits per heavy atom. The lowest BCUT2D eigenvalue weighted by Crippen LogP contribution is -1.86. The van der Waals surface area contributed by atoms with E-state index >= 15 is 0 Å². The molecule has 1 heteroatoms. The second kappa shape index (κ2) is 9.04. The average Bonchev–Trinajstić information content (AvgIpc) is 3.00. The Morgan fingerprint density at radius 3 is 1.71 bits per heavy atom. The molecule has 0 saturated heterocycles. The standard InChI is InChI=1S/C37H23N/c38-24-25-12-14-26(15-13-25)27-7-5-8-28(20-27)29-16-17-31-22-33(19-18-30(31)21-29)37-23-32-6-1-2-9-34(32)35-10-3-4-11-36(35)37/h1-23H. The van der Waals surface area contributed by atoms with Gasteiger partial charge in [0.2, 0.25) is 0 Å². The van der Waals surface area contributed by atoms with Crippen LogP contribution in [0.2, 0.25) is 0 Å². The Balaban J connectivity index is 1.29. The zero-order chi connectivity index (χ0) is 25.5. The molecule has 0 heterocycles. The van der Waals surface area contributed by atoms with Crippen LogP contribution in [-0.4, -0.2) is 0 Å². The summed E-state index contributed by atoms with van der Waals surface area (Å²) in [4.78, 5) is 0. The van der Waals surface area contributed by atoms with Gasteiger partial charge >= 0.3 is 0 Å². The van der Waals surface area contributed by atoms with E-state index in [2.05, 4.69) is 121 Å². The third kappa shape index (κ3) is 3.81. The van der Waals surface area contributed by atoms with E-state index < -0.39 is 0 Å². The van der Waals surface area contributed by atoms with Gasteiger partial charge in [0.1, 0.15) is 0 Å². The average molecular weight is 482 g/mol. The monoisotopic (exact) mass is 481 g/mol. The molecule has 0 aliphatic rings. The molecule has 0 bridgehead atoms. The van der Waals surface area contributed by atoms with Gasteiger partial charge < -0.3 is 0 Å². The van der Waals surface area contributed by atoms with Crippen molar-refractivity contribution < 1.29 is 0 Å². The predicted molar refractivity (Wildman–Crippen MR) is 160 cm³/mol. The minimum Gasteiger partial charge on any atom is -0.192 e. The molecule has 0 amide bonds. The van der Waals surface area contributed by atoms with E-state index in [4.69, 9.17) is 5.26 Å². The van der Waals surface area contributed by atoms with Crippen molar-refractivity contribution in [1.82, 2.24) is 0 Å². The van der Waals surface area contributed by atoms with Crippen molar-refractivity contribution in [2.45, 2.75) is 0 Å². The van der Waals surface area contributed by atoms with Crippen LogP contribution in [-0.2, 0) is 0 Å². The first kappa shape index (κ1) is 22.0. The molecule has 0 aromatic heterocycles. The number of benzene rings is 7. The van der Waals surface area contributed by atoms with Gasteiger partial charge in [0.15, 0.2) is 0 Å². The van der Waals surface area contributed by atoms with E-state index in [0.29, 0.717) is 5.56 Å². The summed E-state index contributed by atoms with van der Waals surface area (Å²) in [5.74, 6) is 0. The summed E-state index contributed by atoms with van der Waals surface area (Å²) in [6.45, 7) is 0. The molecule has 0 radical (unpaired) electrons. The van der Waals surface area contributed by atoms with Crippen molar-refractivity contribution in [1.29, 1.82) is 5.26 Å². The van der Waals surface area contributed by atoms with Gasteiger partial charge in [-0.1, -0.05) is 103 Å². The minimum atomic E-state index is 0.676. The number of hydrogen-bond acceptors (Lipinski definition) is 1. The smallest absolute Gasteiger partial charge is 0.0991 e. The summed E-state index contributed by atoms with van der Waals surface area (Å²) < 4.78 is 0. The lowest BCUT2D eigenvalue weighted by Gasteiger charge is -2.12. The molecule has 0 spiro atoms. The van der Waals surface area contributed by atoms with Crippen LogP contribution in [0.1, 0.15) is 5.56 Å². The summed E-state index contributed by atoms with van der Waals surface area (Å²) >= 11 is 0. The van der Waals surface area contributed by atoms with Crippen LogP contribution in [0.5, 0.6) is 0 Å². The molecule has 0 aliphatic heterocycles. The van der Waals surface area contributed by atoms with Gasteiger partial charge in [0.25, 0.3) is 0 Å². The third-order valence-electron chi connectivity index (χ3n) is 7.46. The van der Waals surface area contributed by atoms with E-state index in [1.54, 1.807) is 0 Å². The van der Waals surface area contributed by atoms with Crippen molar-refractivity contribution in [3.8, 4) is 39.4 Å². The maximum absolute atomic E-state index is 9.10. The molecule has 0 saturated carbocycles. The van der Waals surface area contributed by atoms with E-state index in [-0.39, 0.29) is 0 Å². The molecule has 0 aliphatic carbocycles. The van der Waals surface area contributed by atoms with Crippen LogP contribution in [0.3, 0.4) is 0 Å². The Labute approximate surface area is 221 Å². The fourth-order valence-corrected chi connectivity index (χ4v) is 5.50. The predicted octanol–water partition coefficient (Wildman–Crippen LogP) is 10.0. The van der Waals surface area contributed by atoms with Crippen LogP contribution >= 0.6 is 0 Å². The first-order valence-corrected chi connectivity index (χ1v) is 12.8. The van der Waals surface area contributed by atoms with Crippen LogP contribution in [0.4, 0.5) is 0 Å². The van der Waals surface area contributed by atoms with Crippen molar-refractivity contribution in [3.63, 3.8) is 0 Å². The minimum absolute atomic E-state index is 0.676. The highest BCUT2D eigenvalue weighted by Crippen LogP contribution is 2.37. The molecule has 1 nitrogen and oxygen atoms in total. The molecular formula is C37H23N. The molecule has 38 heavy (non-hydrogen) atoms. The molecule has 7 aromatic rings. The normalized spacial score (nSPS) is 11.1. The summed E-state index contributed by atoms with van der Waals surface area (Å²) in [7, 11) is 0. The van der Waals surface area contributed by atoms with Crippen LogP contribution < -0.4 is 0 Å². The zero-order valence-electron chi connectivity index (χ0n) is 20.7. The molecular weight excluding hydrogens is 458 g/mol. The molecule has 176 valence electrons. The first-order valence-electron chi connectivity index (χ1n) is 12.8. The number of rotatable bonds is 3. The highest BCUT2D eigenvalue weighted by molar-refractivity contribution is 6.14. The Hall–Kier alpha value is -5.19. The van der Waals surface area contributed by atoms with Crippen LogP contribution in [0.15, 0.2) is 140 Å². The van der Waals surface area contributed by atoms with Crippen LogP contribution in [0, 0.1) is 11.3 Å². The molecule has 0 unspecified atom stereocenters. The van der Waals surface area contributed by atoms with Gasteiger partial charge in [0, 0.05) is 0 Å². The fourth-order valence-electron chi connectivity index (χ4n) is 5.50. The van der Waals surface area contributed by atoms with E-state index in [1.807, 2.05) is 24.3 Å². The number of fused-ring (bicyclic) bond motifs is 4. The Morgan fingerprint density at radius 2 is 0.947 bits per heavy atom. The highest BCUT2D eigenvalue weighted by Gasteiger charge is 2.10. The van der Waals surface area contributed by atoms with E-state index in [1.165, 1.54) is 54.6 Å². The van der Waals surface area contributed by atoms with Gasteiger partial charge in [-0.15, -0.1) is 0 Å². The number of nitrogens with zero attached hydrogens (tertiary/aromatic N) is 1. The quantitative estimate of drug-likeness (QED) is 0.230. The molecule has 0 atom stereocenters. The summed E-state index contributed by atoms with van der Waals surface area (Å²) in [6, 6.07) is 51.7. The molecule has 0 fully saturated rings. The van der Waals surface area contributed by atoms with E-state index in [9.17, 15) is 0 Å². The number of nitriles is 1. The summed E-state index contributed by atoms with van der Waals surface area (Å²) in [6.07, 6.45) is 0. The summed E-state index contributed by atoms with van der Waals surface area (Å²) in [5.41, 5.74) is 7.80. The Bertz CT molecular complexity index is 2020. The lowest BCUT2D eigenvalue weighted by atomic mass is 9.91. The highest BCUT2D eigenvalue weighted by atomic mass is 14.2. The molecule has 7 aromatic carbocycles. The third-order valence-corrected chi connectivity index (χ3v) is 7.46. The van der Waals surface area contributed by atoms with Crippen molar-refractivity contribution in [2.75, 3.05) is 0 Å². The fraction of sp³-hybridized carbons (Fsp3) is 0. The second-order valence-electron chi connectivity index (χ2n) is 9.74. The lowest BCUT2D eigenvalue weighted by molar-refractivity contribution is 1.48. The van der Waals surface area contributed by atoms with Crippen molar-refractivity contribution >= 4 is 32.3 Å². The topological polar surface area (TPSA) is 23.8 Å². The van der Waals surface area contributed by atoms with Gasteiger partial charge in [-0.3, -0.25) is 0 Å². The largest absolute Gasteiger partial charge is 0.192 e. The Kier molecular flexibility index (Phi) is 5.24. The summed E-state index contributed by atoms with van der Waals surface area (Å²) in [5, 5.41) is 16.7. The first-order chi connectivity index (χ1) is 18.8. The SMILES string of the molecule is N#Cc1ccc(-c2cccc(-c3ccc4cc(-c5cc6ccccc6c6ccccc56)ccc4c3)c2)cc1. The van der Waals surface area contributed by atoms with Crippen LogP contribution in [0.25, 0.3) is 65.7 Å². The second-order valence-corrected chi connectivity index (χ2v) is 9.74. The maximum Gasteiger partial charge on any atom is 0.0991 e. The van der Waals surface area contributed by atoms with Crippen molar-refractivity contribution in [3.05, 3.63) is 145 Å². The van der Waals surface area contributed by atoms with Crippen molar-refractivity contribution in [2.24, 2.45) is 0 Å².